The van der Waals surface area contributed by atoms with Crippen molar-refractivity contribution in [2.75, 3.05) is 13.1 Å². The Bertz CT molecular complexity index is 389. The normalized spacial score (nSPS) is 18.2. The summed E-state index contributed by atoms with van der Waals surface area (Å²) in [7, 11) is 1.78. The summed E-state index contributed by atoms with van der Waals surface area (Å²) >= 11 is 0. The van der Waals surface area contributed by atoms with Crippen LogP contribution in [0.25, 0.3) is 0 Å². The van der Waals surface area contributed by atoms with E-state index in [2.05, 4.69) is 5.10 Å². The highest BCUT2D eigenvalue weighted by Crippen LogP contribution is 2.22. The maximum absolute atomic E-state index is 11.2. The summed E-state index contributed by atoms with van der Waals surface area (Å²) in [6.07, 6.45) is 7.31. The van der Waals surface area contributed by atoms with E-state index in [1.54, 1.807) is 24.1 Å². The van der Waals surface area contributed by atoms with Gasteiger partial charge in [0.1, 0.15) is 6.04 Å². The summed E-state index contributed by atoms with van der Waals surface area (Å²) in [5.74, 6) is -0.827. The van der Waals surface area contributed by atoms with Gasteiger partial charge in [0, 0.05) is 31.9 Å². The van der Waals surface area contributed by atoms with Crippen LogP contribution in [-0.4, -0.2) is 38.8 Å². The number of aliphatic carboxylic acids is 1. The van der Waals surface area contributed by atoms with Crippen molar-refractivity contribution in [3.05, 3.63) is 30.1 Å². The van der Waals surface area contributed by atoms with E-state index >= 15 is 0 Å². The first-order valence-electron chi connectivity index (χ1n) is 4.79. The molecular formula is C10H13N3O2. The van der Waals surface area contributed by atoms with E-state index in [9.17, 15) is 9.90 Å². The minimum absolute atomic E-state index is 0.589. The van der Waals surface area contributed by atoms with Crippen LogP contribution in [0.1, 0.15) is 11.6 Å². The average Bonchev–Trinajstić information content (AvgIpc) is 2.77. The summed E-state index contributed by atoms with van der Waals surface area (Å²) in [4.78, 5) is 13.1. The molecule has 0 radical (unpaired) electrons. The first-order valence-corrected chi connectivity index (χ1v) is 4.79. The molecule has 1 unspecified atom stereocenters. The maximum atomic E-state index is 11.2. The van der Waals surface area contributed by atoms with Crippen LogP contribution in [0.2, 0.25) is 0 Å². The molecule has 1 N–H and O–H groups in total. The largest absolute Gasteiger partial charge is 0.480 e. The fourth-order valence-electron chi connectivity index (χ4n) is 1.80. The van der Waals surface area contributed by atoms with Gasteiger partial charge in [-0.2, -0.15) is 5.10 Å². The second-order valence-electron chi connectivity index (χ2n) is 3.61. The van der Waals surface area contributed by atoms with Gasteiger partial charge in [-0.05, 0) is 0 Å². The van der Waals surface area contributed by atoms with Crippen LogP contribution >= 0.6 is 0 Å². The smallest absolute Gasteiger partial charge is 0.325 e. The molecule has 1 aromatic heterocycles. The third kappa shape index (κ3) is 1.92. The number of aryl methyl sites for hydroxylation is 1. The SMILES string of the molecule is Cn1cc(C(C(=O)O)N2CC=CC2)cn1. The van der Waals surface area contributed by atoms with E-state index in [4.69, 9.17) is 0 Å². The van der Waals surface area contributed by atoms with Gasteiger partial charge >= 0.3 is 5.97 Å². The Morgan fingerprint density at radius 1 is 1.53 bits per heavy atom. The molecule has 5 heteroatoms. The molecule has 1 atom stereocenters. The zero-order chi connectivity index (χ0) is 10.8. The lowest BCUT2D eigenvalue weighted by Crippen LogP contribution is -2.31. The Labute approximate surface area is 87.6 Å². The minimum atomic E-state index is -0.827. The van der Waals surface area contributed by atoms with E-state index < -0.39 is 12.0 Å². The molecule has 0 saturated heterocycles. The highest BCUT2D eigenvalue weighted by Gasteiger charge is 2.28. The number of carboxylic acids is 1. The van der Waals surface area contributed by atoms with Crippen molar-refractivity contribution in [1.29, 1.82) is 0 Å². The molecule has 0 spiro atoms. The Hall–Kier alpha value is -1.62. The Kier molecular flexibility index (Phi) is 2.55. The summed E-state index contributed by atoms with van der Waals surface area (Å²) in [6, 6.07) is -0.589. The van der Waals surface area contributed by atoms with Gasteiger partial charge in [0.05, 0.1) is 6.20 Å². The topological polar surface area (TPSA) is 58.4 Å². The summed E-state index contributed by atoms with van der Waals surface area (Å²) in [5.41, 5.74) is 0.730. The first-order chi connectivity index (χ1) is 7.18. The quantitative estimate of drug-likeness (QED) is 0.730. The van der Waals surface area contributed by atoms with Gasteiger partial charge in [0.2, 0.25) is 0 Å². The van der Waals surface area contributed by atoms with Crippen molar-refractivity contribution in [3.63, 3.8) is 0 Å². The Morgan fingerprint density at radius 2 is 2.20 bits per heavy atom. The molecule has 0 aliphatic carbocycles. The van der Waals surface area contributed by atoms with Crippen molar-refractivity contribution >= 4 is 5.97 Å². The van der Waals surface area contributed by atoms with Crippen LogP contribution in [0, 0.1) is 0 Å². The lowest BCUT2D eigenvalue weighted by atomic mass is 10.1. The first kappa shape index (κ1) is 9.92. The van der Waals surface area contributed by atoms with Gasteiger partial charge in [0.15, 0.2) is 0 Å². The Morgan fingerprint density at radius 3 is 2.67 bits per heavy atom. The van der Waals surface area contributed by atoms with Crippen molar-refractivity contribution in [2.24, 2.45) is 7.05 Å². The van der Waals surface area contributed by atoms with Crippen LogP contribution in [0.15, 0.2) is 24.5 Å². The van der Waals surface area contributed by atoms with Crippen LogP contribution in [0.4, 0.5) is 0 Å². The molecule has 1 aliphatic heterocycles. The number of hydrogen-bond acceptors (Lipinski definition) is 3. The second kappa shape index (κ2) is 3.86. The minimum Gasteiger partial charge on any atom is -0.480 e. The average molecular weight is 207 g/mol. The number of nitrogens with zero attached hydrogens (tertiary/aromatic N) is 3. The lowest BCUT2D eigenvalue weighted by molar-refractivity contribution is -0.143. The fraction of sp³-hybridized carbons (Fsp3) is 0.400. The van der Waals surface area contributed by atoms with Crippen LogP contribution < -0.4 is 0 Å². The molecule has 0 aromatic carbocycles. The molecule has 0 fully saturated rings. The van der Waals surface area contributed by atoms with Gasteiger partial charge in [-0.3, -0.25) is 14.4 Å². The number of aromatic nitrogens is 2. The zero-order valence-corrected chi connectivity index (χ0v) is 8.50. The summed E-state index contributed by atoms with van der Waals surface area (Å²) in [5, 5.41) is 13.2. The molecule has 5 nitrogen and oxygen atoms in total. The number of rotatable bonds is 3. The molecule has 2 heterocycles. The molecule has 15 heavy (non-hydrogen) atoms. The van der Waals surface area contributed by atoms with E-state index in [0.717, 1.165) is 5.56 Å². The standard InChI is InChI=1S/C10H13N3O2/c1-12-7-8(6-11-12)9(10(14)15)13-4-2-3-5-13/h2-3,6-7,9H,4-5H2,1H3,(H,14,15). The number of hydrogen-bond donors (Lipinski definition) is 1. The third-order valence-corrected chi connectivity index (χ3v) is 2.49. The molecule has 0 saturated carbocycles. The zero-order valence-electron chi connectivity index (χ0n) is 8.50. The van der Waals surface area contributed by atoms with Gasteiger partial charge in [-0.15, -0.1) is 0 Å². The summed E-state index contributed by atoms with van der Waals surface area (Å²) in [6.45, 7) is 1.37. The molecule has 0 bridgehead atoms. The van der Waals surface area contributed by atoms with Crippen molar-refractivity contribution in [3.8, 4) is 0 Å². The highest BCUT2D eigenvalue weighted by molar-refractivity contribution is 5.75. The molecule has 2 rings (SSSR count). The molecule has 1 aromatic rings. The molecular weight excluding hydrogens is 194 g/mol. The van der Waals surface area contributed by atoms with Gasteiger partial charge in [-0.25, -0.2) is 0 Å². The predicted octanol–water partition coefficient (Wildman–Crippen LogP) is 0.418. The van der Waals surface area contributed by atoms with Crippen molar-refractivity contribution in [1.82, 2.24) is 14.7 Å². The second-order valence-corrected chi connectivity index (χ2v) is 3.61. The Balaban J connectivity index is 2.23. The summed E-state index contributed by atoms with van der Waals surface area (Å²) < 4.78 is 1.62. The maximum Gasteiger partial charge on any atom is 0.325 e. The fourth-order valence-corrected chi connectivity index (χ4v) is 1.80. The molecule has 80 valence electrons. The van der Waals surface area contributed by atoms with E-state index in [1.807, 2.05) is 17.1 Å². The van der Waals surface area contributed by atoms with Crippen LogP contribution in [-0.2, 0) is 11.8 Å². The molecule has 0 amide bonds. The van der Waals surface area contributed by atoms with E-state index in [0.29, 0.717) is 13.1 Å². The number of carbonyl (C=O) groups is 1. The highest BCUT2D eigenvalue weighted by atomic mass is 16.4. The van der Waals surface area contributed by atoms with Crippen molar-refractivity contribution in [2.45, 2.75) is 6.04 Å². The van der Waals surface area contributed by atoms with E-state index in [-0.39, 0.29) is 0 Å². The van der Waals surface area contributed by atoms with Gasteiger partial charge in [0.25, 0.3) is 0 Å². The van der Waals surface area contributed by atoms with E-state index in [1.165, 1.54) is 0 Å². The monoisotopic (exact) mass is 207 g/mol. The van der Waals surface area contributed by atoms with Crippen LogP contribution in [0.3, 0.4) is 0 Å². The van der Waals surface area contributed by atoms with Gasteiger partial charge < -0.3 is 5.11 Å². The van der Waals surface area contributed by atoms with Crippen molar-refractivity contribution < 1.29 is 9.90 Å². The number of carboxylic acid groups (broad SMARTS) is 1. The predicted molar refractivity (Wildman–Crippen MR) is 54.3 cm³/mol. The third-order valence-electron chi connectivity index (χ3n) is 2.49. The van der Waals surface area contributed by atoms with Crippen LogP contribution in [0.5, 0.6) is 0 Å². The lowest BCUT2D eigenvalue weighted by Gasteiger charge is -2.22. The van der Waals surface area contributed by atoms with Gasteiger partial charge in [-0.1, -0.05) is 12.2 Å². The molecule has 1 aliphatic rings.